The Morgan fingerprint density at radius 2 is 1.83 bits per heavy atom. The average molecular weight is 271 g/mol. The Morgan fingerprint density at radius 3 is 2.44 bits per heavy atom. The summed E-state index contributed by atoms with van der Waals surface area (Å²) in [5.41, 5.74) is 0.170. The van der Waals surface area contributed by atoms with E-state index < -0.39 is 19.6 Å². The zero-order valence-corrected chi connectivity index (χ0v) is 9.01. The van der Waals surface area contributed by atoms with Crippen molar-refractivity contribution in [3.63, 3.8) is 0 Å². The molecule has 0 amide bonds. The molecule has 8 heteroatoms. The molecule has 18 heavy (non-hydrogen) atoms. The second-order valence-electron chi connectivity index (χ2n) is 3.10. The number of rotatable bonds is 6. The highest BCUT2D eigenvalue weighted by Gasteiger charge is 2.28. The lowest BCUT2D eigenvalue weighted by atomic mass is 10.3. The molecule has 0 aliphatic carbocycles. The number of hydrogen-bond donors (Lipinski definition) is 1. The lowest BCUT2D eigenvalue weighted by molar-refractivity contribution is -0.322. The lowest BCUT2D eigenvalue weighted by Gasteiger charge is -2.13. The van der Waals surface area contributed by atoms with Gasteiger partial charge in [0.05, 0.1) is 12.3 Å². The minimum Gasteiger partial charge on any atom is -0.433 e. The number of alkyl halides is 5. The minimum absolute atomic E-state index is 0.139. The third kappa shape index (κ3) is 5.67. The van der Waals surface area contributed by atoms with E-state index in [-0.39, 0.29) is 18.0 Å². The van der Waals surface area contributed by atoms with E-state index >= 15 is 0 Å². The molecule has 3 nitrogen and oxygen atoms in total. The summed E-state index contributed by atoms with van der Waals surface area (Å²) in [7, 11) is 0. The number of halogens is 5. The lowest BCUT2D eigenvalue weighted by Crippen LogP contribution is -2.19. The average Bonchev–Trinajstić information content (AvgIpc) is 2.24. The summed E-state index contributed by atoms with van der Waals surface area (Å²) in [5.74, 6) is -0.139. The smallest absolute Gasteiger partial charge is 0.433 e. The molecule has 1 aromatic rings. The fraction of sp³-hybridized carbons (Fsp3) is 0.400. The maximum atomic E-state index is 12.0. The van der Waals surface area contributed by atoms with Crippen LogP contribution in [0.2, 0.25) is 0 Å². The van der Waals surface area contributed by atoms with E-state index in [0.29, 0.717) is 0 Å². The summed E-state index contributed by atoms with van der Waals surface area (Å²) in [4.78, 5) is 0. The predicted octanol–water partition coefficient (Wildman–Crippen LogP) is 3.24. The van der Waals surface area contributed by atoms with Crippen LogP contribution in [-0.2, 0) is 4.74 Å². The zero-order valence-electron chi connectivity index (χ0n) is 9.01. The summed E-state index contributed by atoms with van der Waals surface area (Å²) in [5, 5.41) is 2.51. The van der Waals surface area contributed by atoms with Crippen molar-refractivity contribution >= 4 is 5.69 Å². The van der Waals surface area contributed by atoms with E-state index in [9.17, 15) is 22.0 Å². The SMILES string of the molecule is FC(F)Oc1ccccc1NCCOC(F)(F)F. The van der Waals surface area contributed by atoms with Crippen molar-refractivity contribution in [3.8, 4) is 5.75 Å². The maximum Gasteiger partial charge on any atom is 0.522 e. The first-order chi connectivity index (χ1) is 8.38. The van der Waals surface area contributed by atoms with E-state index in [1.807, 2.05) is 0 Å². The van der Waals surface area contributed by atoms with E-state index in [2.05, 4.69) is 14.8 Å². The molecular formula is C10H10F5NO2. The van der Waals surface area contributed by atoms with Gasteiger partial charge < -0.3 is 10.1 Å². The minimum atomic E-state index is -4.71. The van der Waals surface area contributed by atoms with Crippen LogP contribution in [0.15, 0.2) is 24.3 Å². The highest BCUT2D eigenvalue weighted by molar-refractivity contribution is 5.56. The predicted molar refractivity (Wildman–Crippen MR) is 53.6 cm³/mol. The molecule has 1 rings (SSSR count). The normalized spacial score (nSPS) is 11.7. The molecule has 0 bridgehead atoms. The standard InChI is InChI=1S/C10H10F5NO2/c11-9(12)18-8-4-2-1-3-7(8)16-5-6-17-10(13,14)15/h1-4,9,16H,5-6H2. The maximum absolute atomic E-state index is 12.0. The number of hydrogen-bond acceptors (Lipinski definition) is 3. The number of para-hydroxylation sites is 2. The van der Waals surface area contributed by atoms with Crippen LogP contribution in [0.5, 0.6) is 5.75 Å². The zero-order chi connectivity index (χ0) is 13.6. The van der Waals surface area contributed by atoms with Crippen LogP contribution in [0.3, 0.4) is 0 Å². The molecule has 0 atom stereocenters. The van der Waals surface area contributed by atoms with Crippen LogP contribution in [0, 0.1) is 0 Å². The van der Waals surface area contributed by atoms with Crippen molar-refractivity contribution < 1.29 is 31.4 Å². The summed E-state index contributed by atoms with van der Waals surface area (Å²) in [6.07, 6.45) is -4.71. The Bertz CT molecular complexity index is 370. The van der Waals surface area contributed by atoms with Gasteiger partial charge in [-0.2, -0.15) is 8.78 Å². The van der Waals surface area contributed by atoms with Crippen LogP contribution in [0.1, 0.15) is 0 Å². The van der Waals surface area contributed by atoms with E-state index in [1.54, 1.807) is 0 Å². The number of benzene rings is 1. The fourth-order valence-electron chi connectivity index (χ4n) is 1.16. The Labute approximate surface area is 99.5 Å². The molecule has 0 aromatic heterocycles. The number of ether oxygens (including phenoxy) is 2. The van der Waals surface area contributed by atoms with Gasteiger partial charge in [-0.15, -0.1) is 13.2 Å². The second kappa shape index (κ2) is 6.39. The fourth-order valence-corrected chi connectivity index (χ4v) is 1.16. The van der Waals surface area contributed by atoms with Gasteiger partial charge in [0.2, 0.25) is 0 Å². The van der Waals surface area contributed by atoms with Crippen LogP contribution in [0.25, 0.3) is 0 Å². The van der Waals surface area contributed by atoms with Crippen molar-refractivity contribution in [3.05, 3.63) is 24.3 Å². The Kier molecular flexibility index (Phi) is 5.14. The van der Waals surface area contributed by atoms with Gasteiger partial charge in [-0.05, 0) is 12.1 Å². The van der Waals surface area contributed by atoms with E-state index in [1.165, 1.54) is 24.3 Å². The first-order valence-electron chi connectivity index (χ1n) is 4.87. The molecule has 102 valence electrons. The highest BCUT2D eigenvalue weighted by atomic mass is 19.4. The van der Waals surface area contributed by atoms with E-state index in [4.69, 9.17) is 0 Å². The van der Waals surface area contributed by atoms with Gasteiger partial charge in [0.15, 0.2) is 0 Å². The Hall–Kier alpha value is -1.57. The molecule has 0 radical (unpaired) electrons. The molecule has 0 aliphatic heterocycles. The molecular weight excluding hydrogens is 261 g/mol. The van der Waals surface area contributed by atoms with Gasteiger partial charge >= 0.3 is 13.0 Å². The molecule has 0 fully saturated rings. The summed E-state index contributed by atoms with van der Waals surface area (Å²) < 4.78 is 66.7. The molecule has 1 aromatic carbocycles. The van der Waals surface area contributed by atoms with Gasteiger partial charge in [0, 0.05) is 6.54 Å². The van der Waals surface area contributed by atoms with Gasteiger partial charge in [0.25, 0.3) is 0 Å². The quantitative estimate of drug-likeness (QED) is 0.636. The molecule has 1 N–H and O–H groups in total. The molecule has 0 saturated carbocycles. The molecule has 0 saturated heterocycles. The summed E-state index contributed by atoms with van der Waals surface area (Å²) >= 11 is 0. The first-order valence-corrected chi connectivity index (χ1v) is 4.87. The summed E-state index contributed by atoms with van der Waals surface area (Å²) in [6.45, 7) is -3.82. The van der Waals surface area contributed by atoms with Crippen molar-refractivity contribution in [2.75, 3.05) is 18.5 Å². The van der Waals surface area contributed by atoms with Gasteiger partial charge in [-0.1, -0.05) is 12.1 Å². The van der Waals surface area contributed by atoms with Crippen LogP contribution in [0.4, 0.5) is 27.6 Å². The Morgan fingerprint density at radius 1 is 1.17 bits per heavy atom. The van der Waals surface area contributed by atoms with Crippen LogP contribution < -0.4 is 10.1 Å². The summed E-state index contributed by atoms with van der Waals surface area (Å²) in [6, 6.07) is 5.69. The van der Waals surface area contributed by atoms with Crippen LogP contribution in [-0.4, -0.2) is 26.1 Å². The van der Waals surface area contributed by atoms with Crippen molar-refractivity contribution in [1.29, 1.82) is 0 Å². The van der Waals surface area contributed by atoms with Gasteiger partial charge in [-0.3, -0.25) is 4.74 Å². The third-order valence-electron chi connectivity index (χ3n) is 1.79. The third-order valence-corrected chi connectivity index (χ3v) is 1.79. The molecule has 0 spiro atoms. The number of nitrogens with one attached hydrogen (secondary N) is 1. The van der Waals surface area contributed by atoms with Crippen LogP contribution >= 0.6 is 0 Å². The second-order valence-corrected chi connectivity index (χ2v) is 3.10. The topological polar surface area (TPSA) is 30.5 Å². The monoisotopic (exact) mass is 271 g/mol. The van der Waals surface area contributed by atoms with Gasteiger partial charge in [0.1, 0.15) is 5.75 Å². The highest BCUT2D eigenvalue weighted by Crippen LogP contribution is 2.25. The number of anilines is 1. The molecule has 0 unspecified atom stereocenters. The molecule has 0 aliphatic rings. The van der Waals surface area contributed by atoms with E-state index in [0.717, 1.165) is 0 Å². The van der Waals surface area contributed by atoms with Gasteiger partial charge in [-0.25, -0.2) is 0 Å². The van der Waals surface area contributed by atoms with Crippen molar-refractivity contribution in [1.82, 2.24) is 0 Å². The van der Waals surface area contributed by atoms with Crippen molar-refractivity contribution in [2.24, 2.45) is 0 Å². The van der Waals surface area contributed by atoms with Crippen molar-refractivity contribution in [2.45, 2.75) is 13.0 Å². The largest absolute Gasteiger partial charge is 0.522 e. The first kappa shape index (κ1) is 14.5. The molecule has 0 heterocycles. The Balaban J connectivity index is 2.46.